The van der Waals surface area contributed by atoms with E-state index >= 15 is 0 Å². The maximum atomic E-state index is 4.48. The van der Waals surface area contributed by atoms with E-state index in [1.165, 1.54) is 21.6 Å². The molecule has 0 aliphatic carbocycles. The van der Waals surface area contributed by atoms with Crippen molar-refractivity contribution in [3.63, 3.8) is 0 Å². The van der Waals surface area contributed by atoms with E-state index in [-0.39, 0.29) is 0 Å². The summed E-state index contributed by atoms with van der Waals surface area (Å²) in [6, 6.07) is 6.60. The highest BCUT2D eigenvalue weighted by Gasteiger charge is 2.13. The third-order valence-corrected chi connectivity index (χ3v) is 4.77. The molecule has 0 amide bonds. The van der Waals surface area contributed by atoms with Crippen molar-refractivity contribution in [1.29, 1.82) is 0 Å². The number of rotatable bonds is 6. The van der Waals surface area contributed by atoms with Gasteiger partial charge in [0.1, 0.15) is 5.84 Å². The van der Waals surface area contributed by atoms with Gasteiger partial charge in [-0.25, -0.2) is 0 Å². The summed E-state index contributed by atoms with van der Waals surface area (Å²) in [6.07, 6.45) is 6.25. The van der Waals surface area contributed by atoms with Crippen LogP contribution < -0.4 is 5.32 Å². The predicted molar refractivity (Wildman–Crippen MR) is 99.0 cm³/mol. The molecule has 1 aliphatic heterocycles. The first kappa shape index (κ1) is 16.6. The van der Waals surface area contributed by atoms with Gasteiger partial charge >= 0.3 is 0 Å². The molecule has 0 atom stereocenters. The van der Waals surface area contributed by atoms with Crippen molar-refractivity contribution in [2.24, 2.45) is 4.99 Å². The third kappa shape index (κ3) is 4.38. The lowest BCUT2D eigenvalue weighted by Crippen LogP contribution is -2.21. The topological polar surface area (TPSA) is 24.4 Å². The third-order valence-electron chi connectivity index (χ3n) is 3.56. The summed E-state index contributed by atoms with van der Waals surface area (Å²) < 4.78 is 0. The molecule has 1 aromatic rings. The molecule has 1 N–H and O–H groups in total. The Kier molecular flexibility index (Phi) is 6.08. The van der Waals surface area contributed by atoms with Crippen molar-refractivity contribution in [3.05, 3.63) is 65.3 Å². The lowest BCUT2D eigenvalue weighted by Gasteiger charge is -2.12. The molecule has 3 heteroatoms. The Morgan fingerprint density at radius 1 is 1.41 bits per heavy atom. The first-order valence-electron chi connectivity index (χ1n) is 7.61. The molecule has 2 rings (SSSR count). The minimum atomic E-state index is 0.843. The molecule has 2 nitrogen and oxygen atoms in total. The second-order valence-electron chi connectivity index (χ2n) is 5.41. The second-order valence-corrected chi connectivity index (χ2v) is 6.43. The van der Waals surface area contributed by atoms with Crippen LogP contribution in [-0.2, 0) is 0 Å². The largest absolute Gasteiger partial charge is 0.368 e. The fourth-order valence-electron chi connectivity index (χ4n) is 2.22. The van der Waals surface area contributed by atoms with Crippen LogP contribution in [0.5, 0.6) is 0 Å². The molecule has 0 radical (unpaired) electrons. The van der Waals surface area contributed by atoms with Gasteiger partial charge in [-0.15, -0.1) is 11.8 Å². The summed E-state index contributed by atoms with van der Waals surface area (Å²) in [5.41, 5.74) is 4.85. The smallest absolute Gasteiger partial charge is 0.128 e. The average molecular weight is 312 g/mol. The molecule has 1 aliphatic rings. The summed E-state index contributed by atoms with van der Waals surface area (Å²) in [7, 11) is 0. The fourth-order valence-corrected chi connectivity index (χ4v) is 3.37. The molecule has 0 saturated heterocycles. The molecule has 0 saturated carbocycles. The highest BCUT2D eigenvalue weighted by atomic mass is 32.2. The number of nitrogens with zero attached hydrogens (tertiary/aromatic N) is 1. The molecule has 0 fully saturated rings. The van der Waals surface area contributed by atoms with E-state index < -0.39 is 0 Å². The van der Waals surface area contributed by atoms with Crippen LogP contribution >= 0.6 is 11.8 Å². The van der Waals surface area contributed by atoms with E-state index in [4.69, 9.17) is 0 Å². The van der Waals surface area contributed by atoms with Gasteiger partial charge in [-0.2, -0.15) is 0 Å². The predicted octanol–water partition coefficient (Wildman–Crippen LogP) is 4.46. The van der Waals surface area contributed by atoms with Gasteiger partial charge in [-0.05, 0) is 38.0 Å². The molecule has 0 unspecified atom stereocenters. The minimum Gasteiger partial charge on any atom is -0.368 e. The molecule has 1 heterocycles. The van der Waals surface area contributed by atoms with Crippen molar-refractivity contribution in [3.8, 4) is 0 Å². The monoisotopic (exact) mass is 312 g/mol. The summed E-state index contributed by atoms with van der Waals surface area (Å²) in [5.74, 6) is 1.84. The van der Waals surface area contributed by atoms with Crippen LogP contribution in [0.4, 0.5) is 0 Å². The number of thioether (sulfide) groups is 1. The van der Waals surface area contributed by atoms with Crippen LogP contribution in [0.3, 0.4) is 0 Å². The standard InChI is InChI=1S/C19H24N2S/c1-5-6-7-17(16(4)19-20-10-11-21-19)13-22-18-12-14(2)8-9-15(18)3/h5-9,12H,4,10-11,13H2,1-3H3,(H,20,21)/b6-5-,17-7-. The van der Waals surface area contributed by atoms with Gasteiger partial charge in [0.15, 0.2) is 0 Å². The Balaban J connectivity index is 2.13. The van der Waals surface area contributed by atoms with E-state index in [2.05, 4.69) is 61.1 Å². The Bertz CT molecular complexity index is 639. The van der Waals surface area contributed by atoms with Gasteiger partial charge < -0.3 is 5.32 Å². The highest BCUT2D eigenvalue weighted by molar-refractivity contribution is 7.99. The average Bonchev–Trinajstić information content (AvgIpc) is 3.04. The van der Waals surface area contributed by atoms with E-state index in [0.717, 1.165) is 30.3 Å². The van der Waals surface area contributed by atoms with Crippen molar-refractivity contribution in [2.75, 3.05) is 18.8 Å². The van der Waals surface area contributed by atoms with Crippen LogP contribution in [0.15, 0.2) is 64.0 Å². The van der Waals surface area contributed by atoms with Crippen LogP contribution in [0, 0.1) is 13.8 Å². The van der Waals surface area contributed by atoms with Gasteiger partial charge in [0.2, 0.25) is 0 Å². The molecule has 0 bridgehead atoms. The minimum absolute atomic E-state index is 0.843. The van der Waals surface area contributed by atoms with Gasteiger partial charge in [0.05, 0.1) is 6.54 Å². The highest BCUT2D eigenvalue weighted by Crippen LogP contribution is 2.27. The molecular weight excluding hydrogens is 288 g/mol. The van der Waals surface area contributed by atoms with Crippen molar-refractivity contribution < 1.29 is 0 Å². The lowest BCUT2D eigenvalue weighted by atomic mass is 10.1. The Morgan fingerprint density at radius 3 is 2.91 bits per heavy atom. The Morgan fingerprint density at radius 2 is 2.23 bits per heavy atom. The molecule has 1 aromatic carbocycles. The normalized spacial score (nSPS) is 15.0. The first-order chi connectivity index (χ1) is 10.6. The molecule has 0 aromatic heterocycles. The maximum Gasteiger partial charge on any atom is 0.128 e. The summed E-state index contributed by atoms with van der Waals surface area (Å²) in [6.45, 7) is 12.3. The Labute approximate surface area is 138 Å². The number of amidine groups is 1. The zero-order chi connectivity index (χ0) is 15.9. The van der Waals surface area contributed by atoms with Crippen molar-refractivity contribution in [1.82, 2.24) is 5.32 Å². The van der Waals surface area contributed by atoms with E-state index in [1.807, 2.05) is 24.8 Å². The number of nitrogens with one attached hydrogen (secondary N) is 1. The van der Waals surface area contributed by atoms with E-state index in [0.29, 0.717) is 0 Å². The van der Waals surface area contributed by atoms with Crippen LogP contribution in [0.1, 0.15) is 18.1 Å². The van der Waals surface area contributed by atoms with Gasteiger partial charge in [0, 0.05) is 22.8 Å². The maximum absolute atomic E-state index is 4.48. The van der Waals surface area contributed by atoms with Crippen molar-refractivity contribution in [2.45, 2.75) is 25.7 Å². The number of aryl methyl sites for hydroxylation is 2. The van der Waals surface area contributed by atoms with Crippen molar-refractivity contribution >= 4 is 17.6 Å². The number of allylic oxidation sites excluding steroid dienone is 3. The zero-order valence-electron chi connectivity index (χ0n) is 13.6. The SMILES string of the molecule is C=C(C1=NCCN1)/C(=C\C=C/C)CSc1cc(C)ccc1C. The fraction of sp³-hybridized carbons (Fsp3) is 0.316. The molecule has 0 spiro atoms. The zero-order valence-corrected chi connectivity index (χ0v) is 14.5. The van der Waals surface area contributed by atoms with E-state index in [1.54, 1.807) is 0 Å². The van der Waals surface area contributed by atoms with Gasteiger partial charge in [0.25, 0.3) is 0 Å². The molecular formula is C19H24N2S. The Hall–Kier alpha value is -1.74. The molecule has 116 valence electrons. The quantitative estimate of drug-likeness (QED) is 0.619. The molecule has 22 heavy (non-hydrogen) atoms. The van der Waals surface area contributed by atoms with Crippen LogP contribution in [-0.4, -0.2) is 24.7 Å². The number of hydrogen-bond donors (Lipinski definition) is 1. The number of hydrogen-bond acceptors (Lipinski definition) is 3. The number of benzene rings is 1. The summed E-state index contributed by atoms with van der Waals surface area (Å²) in [4.78, 5) is 5.82. The van der Waals surface area contributed by atoms with E-state index in [9.17, 15) is 0 Å². The second kappa shape index (κ2) is 8.04. The van der Waals surface area contributed by atoms with Crippen LogP contribution in [0.25, 0.3) is 0 Å². The number of aliphatic imine (C=N–C) groups is 1. The summed E-state index contributed by atoms with van der Waals surface area (Å²) >= 11 is 1.86. The van der Waals surface area contributed by atoms with Gasteiger partial charge in [-0.1, -0.05) is 42.5 Å². The lowest BCUT2D eigenvalue weighted by molar-refractivity contribution is 0.959. The van der Waals surface area contributed by atoms with Crippen LogP contribution in [0.2, 0.25) is 0 Å². The van der Waals surface area contributed by atoms with Gasteiger partial charge in [-0.3, -0.25) is 4.99 Å². The first-order valence-corrected chi connectivity index (χ1v) is 8.60. The summed E-state index contributed by atoms with van der Waals surface area (Å²) in [5, 5.41) is 3.31.